The zero-order valence-corrected chi connectivity index (χ0v) is 18.6. The van der Waals surface area contributed by atoms with Crippen LogP contribution in [0.2, 0.25) is 0 Å². The van der Waals surface area contributed by atoms with Gasteiger partial charge >= 0.3 is 5.97 Å². The molecule has 2 aromatic heterocycles. The first kappa shape index (κ1) is 21.8. The number of aromatic nitrogens is 1. The minimum absolute atomic E-state index is 0.188. The number of nitrogens with one attached hydrogen (secondary N) is 2. The Morgan fingerprint density at radius 3 is 2.43 bits per heavy atom. The van der Waals surface area contributed by atoms with Crippen LogP contribution in [-0.4, -0.2) is 48.3 Å². The van der Waals surface area contributed by atoms with Gasteiger partial charge in [-0.3, -0.25) is 4.79 Å². The van der Waals surface area contributed by atoms with Gasteiger partial charge in [0.25, 0.3) is 5.91 Å². The number of thiophene rings is 1. The zero-order chi connectivity index (χ0) is 21.2. The van der Waals surface area contributed by atoms with Crippen molar-refractivity contribution in [2.75, 3.05) is 31.8 Å². The second kappa shape index (κ2) is 8.27. The summed E-state index contributed by atoms with van der Waals surface area (Å²) in [6.07, 6.45) is 0. The van der Waals surface area contributed by atoms with Crippen LogP contribution in [0.3, 0.4) is 0 Å². The molecule has 0 aromatic carbocycles. The fourth-order valence-electron chi connectivity index (χ4n) is 2.29. The maximum Gasteiger partial charge on any atom is 0.341 e. The summed E-state index contributed by atoms with van der Waals surface area (Å²) >= 11 is 6.47. The molecular formula is C18H24N4O4S2. The predicted octanol–water partition coefficient (Wildman–Crippen LogP) is 3.64. The van der Waals surface area contributed by atoms with Crippen LogP contribution in [0.1, 0.15) is 52.1 Å². The third-order valence-electron chi connectivity index (χ3n) is 3.85. The molecule has 0 radical (unpaired) electrons. The van der Waals surface area contributed by atoms with Gasteiger partial charge in [0.05, 0.1) is 17.6 Å². The van der Waals surface area contributed by atoms with Gasteiger partial charge in [-0.05, 0) is 24.7 Å². The normalized spacial score (nSPS) is 11.1. The van der Waals surface area contributed by atoms with Gasteiger partial charge in [0.15, 0.2) is 10.9 Å². The van der Waals surface area contributed by atoms with E-state index in [1.807, 2.05) is 20.8 Å². The minimum atomic E-state index is -0.548. The Hall–Kier alpha value is -2.46. The molecule has 1 amide bonds. The summed E-state index contributed by atoms with van der Waals surface area (Å²) in [7, 11) is 4.59. The molecule has 10 heteroatoms. The van der Waals surface area contributed by atoms with Crippen LogP contribution >= 0.6 is 23.6 Å². The second-order valence-electron chi connectivity index (χ2n) is 7.36. The van der Waals surface area contributed by atoms with Crippen molar-refractivity contribution in [3.8, 4) is 0 Å². The Balaban J connectivity index is 2.28. The molecule has 2 aromatic rings. The van der Waals surface area contributed by atoms with Crippen LogP contribution < -0.4 is 10.6 Å². The van der Waals surface area contributed by atoms with Gasteiger partial charge in [-0.2, -0.15) is 0 Å². The molecule has 2 heterocycles. The summed E-state index contributed by atoms with van der Waals surface area (Å²) < 4.78 is 10.2. The van der Waals surface area contributed by atoms with Crippen molar-refractivity contribution in [3.05, 3.63) is 27.8 Å². The van der Waals surface area contributed by atoms with E-state index >= 15 is 0 Å². The lowest BCUT2D eigenvalue weighted by atomic mass is 9.93. The van der Waals surface area contributed by atoms with E-state index in [2.05, 4.69) is 15.8 Å². The van der Waals surface area contributed by atoms with E-state index in [0.717, 1.165) is 11.3 Å². The fourth-order valence-corrected chi connectivity index (χ4v) is 3.79. The van der Waals surface area contributed by atoms with Crippen molar-refractivity contribution in [2.24, 2.45) is 0 Å². The Morgan fingerprint density at radius 1 is 1.29 bits per heavy atom. The third-order valence-corrected chi connectivity index (χ3v) is 5.25. The molecule has 0 atom stereocenters. The third kappa shape index (κ3) is 4.68. The summed E-state index contributed by atoms with van der Waals surface area (Å²) in [5.41, 5.74) is 0.626. The van der Waals surface area contributed by atoms with Crippen molar-refractivity contribution < 1.29 is 18.8 Å². The summed E-state index contributed by atoms with van der Waals surface area (Å²) in [6.45, 7) is 7.73. The second-order valence-corrected chi connectivity index (χ2v) is 8.79. The molecule has 0 fully saturated rings. The Kier molecular flexibility index (Phi) is 6.45. The van der Waals surface area contributed by atoms with E-state index in [1.165, 1.54) is 12.0 Å². The van der Waals surface area contributed by atoms with E-state index in [0.29, 0.717) is 27.0 Å². The van der Waals surface area contributed by atoms with Crippen molar-refractivity contribution >= 4 is 51.4 Å². The quantitative estimate of drug-likeness (QED) is 0.567. The van der Waals surface area contributed by atoms with Gasteiger partial charge in [0, 0.05) is 25.6 Å². The van der Waals surface area contributed by atoms with Gasteiger partial charge in [0.2, 0.25) is 0 Å². The van der Waals surface area contributed by atoms with Gasteiger partial charge < -0.3 is 24.8 Å². The fraction of sp³-hybridized carbons (Fsp3) is 0.444. The zero-order valence-electron chi connectivity index (χ0n) is 16.9. The number of hydrogen-bond acceptors (Lipinski definition) is 7. The number of carbonyl (C=O) groups is 2. The number of ether oxygens (including phenoxy) is 1. The lowest BCUT2D eigenvalue weighted by Gasteiger charge is -2.12. The van der Waals surface area contributed by atoms with Gasteiger partial charge in [-0.1, -0.05) is 25.9 Å². The number of methoxy groups -OCH3 is 1. The van der Waals surface area contributed by atoms with E-state index in [9.17, 15) is 9.59 Å². The van der Waals surface area contributed by atoms with Crippen LogP contribution in [0, 0.1) is 6.92 Å². The maximum absolute atomic E-state index is 12.4. The van der Waals surface area contributed by atoms with Crippen molar-refractivity contribution in [1.29, 1.82) is 0 Å². The Bertz CT molecular complexity index is 909. The standard InChI is InChI=1S/C18H24N4O4S2/c1-9-12(16(24)25-7)14(28-13(9)15(23)22(5)6)20-17(27)19-11-8-10(26-21-11)18(2,3)4/h8H,1-7H3,(H2,19,20,21,27). The summed E-state index contributed by atoms with van der Waals surface area (Å²) in [6, 6.07) is 1.76. The number of hydrogen-bond donors (Lipinski definition) is 2. The first-order chi connectivity index (χ1) is 13.0. The van der Waals surface area contributed by atoms with Crippen molar-refractivity contribution in [1.82, 2.24) is 10.1 Å². The minimum Gasteiger partial charge on any atom is -0.465 e. The van der Waals surface area contributed by atoms with Crippen LogP contribution in [-0.2, 0) is 10.2 Å². The molecule has 8 nitrogen and oxygen atoms in total. The summed E-state index contributed by atoms with van der Waals surface area (Å²) in [4.78, 5) is 26.5. The van der Waals surface area contributed by atoms with E-state index in [1.54, 1.807) is 27.1 Å². The molecule has 0 bridgehead atoms. The average molecular weight is 425 g/mol. The monoisotopic (exact) mass is 424 g/mol. The molecule has 28 heavy (non-hydrogen) atoms. The molecule has 0 aliphatic carbocycles. The number of esters is 1. The number of thiocarbonyl (C=S) groups is 1. The molecule has 0 unspecified atom stereocenters. The molecule has 152 valence electrons. The number of rotatable bonds is 4. The number of anilines is 2. The SMILES string of the molecule is COC(=O)c1c(NC(=S)Nc2cc(C(C)(C)C)on2)sc(C(=O)N(C)C)c1C. The summed E-state index contributed by atoms with van der Waals surface area (Å²) in [5.74, 6) is 0.401. The lowest BCUT2D eigenvalue weighted by Crippen LogP contribution is -2.21. The van der Waals surface area contributed by atoms with Crippen molar-refractivity contribution in [3.63, 3.8) is 0 Å². The molecule has 0 saturated carbocycles. The molecule has 0 aliphatic heterocycles. The first-order valence-electron chi connectivity index (χ1n) is 8.44. The topological polar surface area (TPSA) is 96.7 Å². The average Bonchev–Trinajstić information content (AvgIpc) is 3.18. The maximum atomic E-state index is 12.4. The largest absolute Gasteiger partial charge is 0.465 e. The number of nitrogens with zero attached hydrogens (tertiary/aromatic N) is 2. The van der Waals surface area contributed by atoms with Gasteiger partial charge in [0.1, 0.15) is 10.8 Å². The Labute approximate surface area is 173 Å². The van der Waals surface area contributed by atoms with Crippen LogP contribution in [0.15, 0.2) is 10.6 Å². The molecule has 0 saturated heterocycles. The van der Waals surface area contributed by atoms with Crippen LogP contribution in [0.5, 0.6) is 0 Å². The van der Waals surface area contributed by atoms with Crippen molar-refractivity contribution in [2.45, 2.75) is 33.1 Å². The van der Waals surface area contributed by atoms with Crippen LogP contribution in [0.4, 0.5) is 10.8 Å². The van der Waals surface area contributed by atoms with Gasteiger partial charge in [-0.15, -0.1) is 11.3 Å². The smallest absolute Gasteiger partial charge is 0.341 e. The molecule has 2 rings (SSSR count). The molecular weight excluding hydrogens is 400 g/mol. The number of carbonyl (C=O) groups excluding carboxylic acids is 2. The lowest BCUT2D eigenvalue weighted by molar-refractivity contribution is 0.0601. The number of amides is 1. The highest BCUT2D eigenvalue weighted by molar-refractivity contribution is 7.80. The van der Waals surface area contributed by atoms with E-state index in [-0.39, 0.29) is 22.0 Å². The predicted molar refractivity (Wildman–Crippen MR) is 113 cm³/mol. The Morgan fingerprint density at radius 2 is 1.93 bits per heavy atom. The highest BCUT2D eigenvalue weighted by Crippen LogP contribution is 2.34. The van der Waals surface area contributed by atoms with Gasteiger partial charge in [-0.25, -0.2) is 4.79 Å². The molecule has 0 spiro atoms. The van der Waals surface area contributed by atoms with Crippen LogP contribution in [0.25, 0.3) is 0 Å². The van der Waals surface area contributed by atoms with E-state index < -0.39 is 5.97 Å². The van der Waals surface area contributed by atoms with E-state index in [4.69, 9.17) is 21.5 Å². The molecule has 2 N–H and O–H groups in total. The summed E-state index contributed by atoms with van der Waals surface area (Å²) in [5, 5.41) is 10.5. The highest BCUT2D eigenvalue weighted by Gasteiger charge is 2.27. The highest BCUT2D eigenvalue weighted by atomic mass is 32.1. The first-order valence-corrected chi connectivity index (χ1v) is 9.66. The molecule has 0 aliphatic rings.